The van der Waals surface area contributed by atoms with Crippen LogP contribution in [0.3, 0.4) is 0 Å². The van der Waals surface area contributed by atoms with E-state index in [9.17, 15) is 5.11 Å². The van der Waals surface area contributed by atoms with Crippen LogP contribution in [0.25, 0.3) is 0 Å². The fourth-order valence-corrected chi connectivity index (χ4v) is 2.15. The molecule has 1 aromatic carbocycles. The second kappa shape index (κ2) is 7.46. The summed E-state index contributed by atoms with van der Waals surface area (Å²) >= 11 is 5.78. The van der Waals surface area contributed by atoms with Crippen LogP contribution in [-0.4, -0.2) is 55.1 Å². The van der Waals surface area contributed by atoms with E-state index in [1.165, 1.54) is 0 Å². The highest BCUT2D eigenvalue weighted by Gasteiger charge is 2.22. The Labute approximate surface area is 123 Å². The normalized spacial score (nSPS) is 21.1. The molecule has 1 aliphatic rings. The van der Waals surface area contributed by atoms with Gasteiger partial charge in [-0.15, -0.1) is 0 Å². The molecule has 1 N–H and O–H groups in total. The first kappa shape index (κ1) is 15.1. The van der Waals surface area contributed by atoms with Crippen molar-refractivity contribution in [1.82, 2.24) is 4.90 Å². The van der Waals surface area contributed by atoms with Gasteiger partial charge >= 0.3 is 0 Å². The Hall–Kier alpha value is -1.32. The molecule has 0 amide bonds. The lowest BCUT2D eigenvalue weighted by Gasteiger charge is -2.31. The highest BCUT2D eigenvalue weighted by atomic mass is 35.5. The van der Waals surface area contributed by atoms with E-state index >= 15 is 0 Å². The number of rotatable bonds is 5. The molecule has 0 saturated carbocycles. The van der Waals surface area contributed by atoms with E-state index in [-0.39, 0.29) is 6.61 Å². The molecule has 0 bridgehead atoms. The minimum absolute atomic E-state index is 0.205. The van der Waals surface area contributed by atoms with Crippen molar-refractivity contribution in [3.8, 4) is 11.8 Å². The number of ether oxygens (including phenoxy) is 2. The Balaban J connectivity index is 1.73. The summed E-state index contributed by atoms with van der Waals surface area (Å²) in [6.45, 7) is 2.43. The SMILES string of the molecule is N#CC1CN(CC(O)COc2ccc(Cl)cc2)CCO1. The number of nitrogens with zero attached hydrogens (tertiary/aromatic N) is 2. The Morgan fingerprint density at radius 1 is 1.50 bits per heavy atom. The number of hydrogen-bond acceptors (Lipinski definition) is 5. The van der Waals surface area contributed by atoms with Crippen LogP contribution < -0.4 is 4.74 Å². The minimum atomic E-state index is -0.608. The summed E-state index contributed by atoms with van der Waals surface area (Å²) in [5.74, 6) is 0.672. The lowest BCUT2D eigenvalue weighted by atomic mass is 10.2. The third-order valence-electron chi connectivity index (χ3n) is 3.02. The molecule has 1 fully saturated rings. The average molecular weight is 297 g/mol. The van der Waals surface area contributed by atoms with Crippen molar-refractivity contribution in [3.63, 3.8) is 0 Å². The standard InChI is InChI=1S/C14H17ClN2O3/c15-11-1-3-13(4-2-11)20-10-12(18)8-17-5-6-19-14(7-16)9-17/h1-4,12,14,18H,5-6,8-10H2. The zero-order valence-corrected chi connectivity index (χ0v) is 11.8. The van der Waals surface area contributed by atoms with Gasteiger partial charge in [0.1, 0.15) is 18.5 Å². The van der Waals surface area contributed by atoms with E-state index in [1.54, 1.807) is 24.3 Å². The van der Waals surface area contributed by atoms with Gasteiger partial charge in [-0.1, -0.05) is 11.6 Å². The number of morpholine rings is 1. The molecule has 1 heterocycles. The molecule has 0 spiro atoms. The van der Waals surface area contributed by atoms with Gasteiger partial charge in [0.25, 0.3) is 0 Å². The van der Waals surface area contributed by atoms with Crippen molar-refractivity contribution in [2.75, 3.05) is 32.8 Å². The van der Waals surface area contributed by atoms with Crippen molar-refractivity contribution in [2.24, 2.45) is 0 Å². The van der Waals surface area contributed by atoms with E-state index in [4.69, 9.17) is 26.3 Å². The Morgan fingerprint density at radius 2 is 2.25 bits per heavy atom. The van der Waals surface area contributed by atoms with Crippen LogP contribution in [0.1, 0.15) is 0 Å². The Morgan fingerprint density at radius 3 is 2.95 bits per heavy atom. The molecule has 0 radical (unpaired) electrons. The summed E-state index contributed by atoms with van der Waals surface area (Å²) in [4.78, 5) is 2.01. The zero-order chi connectivity index (χ0) is 14.4. The van der Waals surface area contributed by atoms with Crippen molar-refractivity contribution in [2.45, 2.75) is 12.2 Å². The molecule has 20 heavy (non-hydrogen) atoms. The molecule has 1 saturated heterocycles. The number of aliphatic hydroxyl groups excluding tert-OH is 1. The molecular weight excluding hydrogens is 280 g/mol. The van der Waals surface area contributed by atoms with Crippen LogP contribution in [0, 0.1) is 11.3 Å². The van der Waals surface area contributed by atoms with Crippen molar-refractivity contribution < 1.29 is 14.6 Å². The molecule has 108 valence electrons. The molecule has 0 aliphatic carbocycles. The molecule has 6 heteroatoms. The number of hydrogen-bond donors (Lipinski definition) is 1. The third kappa shape index (κ3) is 4.66. The van der Waals surface area contributed by atoms with Gasteiger partial charge in [0.15, 0.2) is 6.10 Å². The van der Waals surface area contributed by atoms with E-state index in [0.29, 0.717) is 30.5 Å². The second-order valence-corrected chi connectivity index (χ2v) is 5.10. The minimum Gasteiger partial charge on any atom is -0.491 e. The Bertz CT molecular complexity index is 460. The van der Waals surface area contributed by atoms with E-state index in [0.717, 1.165) is 6.54 Å². The number of halogens is 1. The lowest BCUT2D eigenvalue weighted by molar-refractivity contribution is -0.0215. The molecular formula is C14H17ClN2O3. The maximum Gasteiger partial charge on any atom is 0.156 e. The fourth-order valence-electron chi connectivity index (χ4n) is 2.02. The predicted octanol–water partition coefficient (Wildman–Crippen LogP) is 1.30. The van der Waals surface area contributed by atoms with Crippen molar-refractivity contribution in [3.05, 3.63) is 29.3 Å². The molecule has 2 atom stereocenters. The largest absolute Gasteiger partial charge is 0.491 e. The van der Waals surface area contributed by atoms with E-state index in [1.807, 2.05) is 4.90 Å². The van der Waals surface area contributed by atoms with Gasteiger partial charge in [-0.25, -0.2) is 0 Å². The third-order valence-corrected chi connectivity index (χ3v) is 3.27. The van der Waals surface area contributed by atoms with Gasteiger partial charge in [0.05, 0.1) is 12.7 Å². The molecule has 0 aromatic heterocycles. The monoisotopic (exact) mass is 296 g/mol. The first-order valence-corrected chi connectivity index (χ1v) is 6.85. The first-order chi connectivity index (χ1) is 9.67. The number of β-amino-alcohol motifs (C(OH)–C–C–N with tert-alkyl or cyclic N) is 1. The van der Waals surface area contributed by atoms with Gasteiger partial charge in [0, 0.05) is 24.7 Å². The molecule has 1 aromatic rings. The quantitative estimate of drug-likeness (QED) is 0.887. The van der Waals surface area contributed by atoms with Gasteiger partial charge < -0.3 is 14.6 Å². The highest BCUT2D eigenvalue weighted by Crippen LogP contribution is 2.15. The van der Waals surface area contributed by atoms with E-state index < -0.39 is 12.2 Å². The van der Waals surface area contributed by atoms with Gasteiger partial charge in [-0.2, -0.15) is 5.26 Å². The van der Waals surface area contributed by atoms with Crippen LogP contribution in [0.4, 0.5) is 0 Å². The second-order valence-electron chi connectivity index (χ2n) is 4.67. The summed E-state index contributed by atoms with van der Waals surface area (Å²) in [7, 11) is 0. The topological polar surface area (TPSA) is 65.7 Å². The lowest BCUT2D eigenvalue weighted by Crippen LogP contribution is -2.46. The van der Waals surface area contributed by atoms with Crippen LogP contribution in [0.15, 0.2) is 24.3 Å². The molecule has 2 unspecified atom stereocenters. The summed E-state index contributed by atoms with van der Waals surface area (Å²) in [6.07, 6.45) is -1.02. The maximum atomic E-state index is 9.96. The van der Waals surface area contributed by atoms with Gasteiger partial charge in [-0.05, 0) is 24.3 Å². The highest BCUT2D eigenvalue weighted by molar-refractivity contribution is 6.30. The van der Waals surface area contributed by atoms with Crippen LogP contribution in [0.2, 0.25) is 5.02 Å². The predicted molar refractivity (Wildman–Crippen MR) is 74.7 cm³/mol. The van der Waals surface area contributed by atoms with Crippen LogP contribution in [0.5, 0.6) is 5.75 Å². The summed E-state index contributed by atoms with van der Waals surface area (Å²) in [5, 5.41) is 19.4. The van der Waals surface area contributed by atoms with Gasteiger partial charge in [-0.3, -0.25) is 4.90 Å². The van der Waals surface area contributed by atoms with E-state index in [2.05, 4.69) is 6.07 Å². The van der Waals surface area contributed by atoms with Gasteiger partial charge in [0.2, 0.25) is 0 Å². The Kier molecular flexibility index (Phi) is 5.62. The van der Waals surface area contributed by atoms with Crippen LogP contribution >= 0.6 is 11.6 Å². The fraction of sp³-hybridized carbons (Fsp3) is 0.500. The molecule has 5 nitrogen and oxygen atoms in total. The summed E-state index contributed by atoms with van der Waals surface area (Å²) in [6, 6.07) is 9.08. The van der Waals surface area contributed by atoms with Crippen molar-refractivity contribution >= 4 is 11.6 Å². The maximum absolute atomic E-state index is 9.96. The number of nitriles is 1. The average Bonchev–Trinajstić information content (AvgIpc) is 2.47. The van der Waals surface area contributed by atoms with Crippen molar-refractivity contribution in [1.29, 1.82) is 5.26 Å². The summed E-state index contributed by atoms with van der Waals surface area (Å²) in [5.41, 5.74) is 0. The number of benzene rings is 1. The first-order valence-electron chi connectivity index (χ1n) is 6.47. The summed E-state index contributed by atoms with van der Waals surface area (Å²) < 4.78 is 10.7. The number of aliphatic hydroxyl groups is 1. The molecule has 2 rings (SSSR count). The molecule has 1 aliphatic heterocycles. The zero-order valence-electron chi connectivity index (χ0n) is 11.0. The smallest absolute Gasteiger partial charge is 0.156 e. The van der Waals surface area contributed by atoms with Crippen LogP contribution in [-0.2, 0) is 4.74 Å².